The molecule has 3 unspecified atom stereocenters. The van der Waals surface area contributed by atoms with Gasteiger partial charge in [-0.25, -0.2) is 0 Å². The molecule has 0 saturated heterocycles. The molecule has 0 aromatic carbocycles. The first-order valence-corrected chi connectivity index (χ1v) is 10.9. The first kappa shape index (κ1) is 17.7. The van der Waals surface area contributed by atoms with Gasteiger partial charge in [-0.05, 0) is 92.2 Å². The molecule has 1 N–H and O–H groups in total. The van der Waals surface area contributed by atoms with Gasteiger partial charge in [0, 0.05) is 17.8 Å². The molecule has 1 heterocycles. The third kappa shape index (κ3) is 2.52. The molecule has 3 saturated carbocycles. The van der Waals surface area contributed by atoms with Gasteiger partial charge in [0.25, 0.3) is 0 Å². The summed E-state index contributed by atoms with van der Waals surface area (Å²) in [5.74, 6) is 2.20. The summed E-state index contributed by atoms with van der Waals surface area (Å²) in [7, 11) is 0. The van der Waals surface area contributed by atoms with Gasteiger partial charge in [-0.15, -0.1) is 0 Å². The van der Waals surface area contributed by atoms with E-state index in [1.807, 2.05) is 12.4 Å². The summed E-state index contributed by atoms with van der Waals surface area (Å²) >= 11 is 0. The number of aromatic nitrogens is 1. The van der Waals surface area contributed by atoms with Crippen molar-refractivity contribution in [1.82, 2.24) is 4.98 Å². The Morgan fingerprint density at radius 2 is 1.89 bits per heavy atom. The lowest BCUT2D eigenvalue weighted by atomic mass is 9.45. The predicted molar refractivity (Wildman–Crippen MR) is 110 cm³/mol. The van der Waals surface area contributed by atoms with Crippen molar-refractivity contribution in [2.24, 2.45) is 28.6 Å². The van der Waals surface area contributed by atoms with Crippen molar-refractivity contribution in [2.75, 3.05) is 0 Å². The number of nitrogens with zero attached hydrogens (tertiary/aromatic N) is 1. The first-order valence-electron chi connectivity index (χ1n) is 10.9. The standard InChI is InChI=1S/C25H33NO/c1-23(27)12-13-24(2)18(15-23)6-7-19-21-9-8-20(17-5-4-14-26-16-17)25(21,3)11-10-22(19)24/h4-5,8-9,14,16,18-19,22,27H,6-7,10-13,15H2,1-3H3/t18?,19?,22?,23-,24+,25-/m1/s1. The molecule has 3 fully saturated rings. The maximum absolute atomic E-state index is 10.7. The molecule has 5 rings (SSSR count). The zero-order chi connectivity index (χ0) is 18.9. The molecule has 0 bridgehead atoms. The van der Waals surface area contributed by atoms with Crippen LogP contribution in [0.2, 0.25) is 0 Å². The lowest BCUT2D eigenvalue weighted by Crippen LogP contribution is -2.53. The van der Waals surface area contributed by atoms with E-state index in [1.54, 1.807) is 5.57 Å². The van der Waals surface area contributed by atoms with E-state index in [0.717, 1.165) is 24.7 Å². The van der Waals surface area contributed by atoms with Crippen LogP contribution in [-0.4, -0.2) is 15.7 Å². The van der Waals surface area contributed by atoms with Gasteiger partial charge in [0.05, 0.1) is 5.60 Å². The third-order valence-electron chi connectivity index (χ3n) is 8.97. The molecule has 6 atom stereocenters. The molecule has 4 aliphatic carbocycles. The van der Waals surface area contributed by atoms with Crippen molar-refractivity contribution in [3.63, 3.8) is 0 Å². The molecular weight excluding hydrogens is 330 g/mol. The molecule has 0 amide bonds. The molecule has 1 aromatic rings. The number of hydrogen-bond donors (Lipinski definition) is 1. The third-order valence-corrected chi connectivity index (χ3v) is 8.97. The molecule has 144 valence electrons. The Morgan fingerprint density at radius 3 is 2.67 bits per heavy atom. The zero-order valence-corrected chi connectivity index (χ0v) is 17.0. The molecule has 0 spiro atoms. The number of pyridine rings is 1. The lowest BCUT2D eigenvalue weighted by Gasteiger charge is -2.60. The molecule has 0 aliphatic heterocycles. The van der Waals surface area contributed by atoms with E-state index in [9.17, 15) is 5.11 Å². The monoisotopic (exact) mass is 363 g/mol. The van der Waals surface area contributed by atoms with E-state index in [2.05, 4.69) is 50.0 Å². The maximum atomic E-state index is 10.7. The molecule has 4 aliphatic rings. The van der Waals surface area contributed by atoms with E-state index in [-0.39, 0.29) is 5.41 Å². The average molecular weight is 364 g/mol. The Morgan fingerprint density at radius 1 is 1.04 bits per heavy atom. The van der Waals surface area contributed by atoms with Gasteiger partial charge in [0.1, 0.15) is 0 Å². The van der Waals surface area contributed by atoms with Crippen molar-refractivity contribution in [1.29, 1.82) is 0 Å². The first-order chi connectivity index (χ1) is 12.8. The number of fused-ring (bicyclic) bond motifs is 5. The van der Waals surface area contributed by atoms with Crippen LogP contribution >= 0.6 is 0 Å². The van der Waals surface area contributed by atoms with Crippen molar-refractivity contribution >= 4 is 5.57 Å². The molecule has 2 nitrogen and oxygen atoms in total. The number of allylic oxidation sites excluding steroid dienone is 4. The summed E-state index contributed by atoms with van der Waals surface area (Å²) in [4.78, 5) is 4.37. The summed E-state index contributed by atoms with van der Waals surface area (Å²) in [6, 6.07) is 4.28. The quantitative estimate of drug-likeness (QED) is 0.685. The lowest BCUT2D eigenvalue weighted by molar-refractivity contribution is -0.113. The summed E-state index contributed by atoms with van der Waals surface area (Å²) < 4.78 is 0. The van der Waals surface area contributed by atoms with Crippen LogP contribution < -0.4 is 0 Å². The van der Waals surface area contributed by atoms with Crippen molar-refractivity contribution in [3.05, 3.63) is 47.8 Å². The van der Waals surface area contributed by atoms with E-state index >= 15 is 0 Å². The van der Waals surface area contributed by atoms with Crippen molar-refractivity contribution in [3.8, 4) is 0 Å². The normalized spacial score (nSPS) is 46.0. The highest BCUT2D eigenvalue weighted by molar-refractivity contribution is 5.78. The van der Waals surface area contributed by atoms with Gasteiger partial charge in [-0.1, -0.05) is 37.6 Å². The molecule has 2 heteroatoms. The zero-order valence-electron chi connectivity index (χ0n) is 17.0. The molecule has 1 aromatic heterocycles. The second kappa shape index (κ2) is 5.80. The second-order valence-corrected chi connectivity index (χ2v) is 10.5. The Balaban J connectivity index is 1.45. The van der Waals surface area contributed by atoms with Crippen LogP contribution in [0.4, 0.5) is 0 Å². The highest BCUT2D eigenvalue weighted by Gasteiger charge is 2.57. The number of rotatable bonds is 1. The van der Waals surface area contributed by atoms with Gasteiger partial charge in [-0.2, -0.15) is 0 Å². The summed E-state index contributed by atoms with van der Waals surface area (Å²) in [6.07, 6.45) is 17.1. The Kier molecular flexibility index (Phi) is 3.79. The van der Waals surface area contributed by atoms with Crippen LogP contribution in [0.3, 0.4) is 0 Å². The summed E-state index contributed by atoms with van der Waals surface area (Å²) in [5, 5.41) is 10.7. The summed E-state index contributed by atoms with van der Waals surface area (Å²) in [6.45, 7) is 7.08. The summed E-state index contributed by atoms with van der Waals surface area (Å²) in [5.41, 5.74) is 4.61. The van der Waals surface area contributed by atoms with Crippen LogP contribution in [0.15, 0.2) is 42.3 Å². The van der Waals surface area contributed by atoms with Crippen LogP contribution in [0.25, 0.3) is 5.57 Å². The number of hydrogen-bond acceptors (Lipinski definition) is 2. The fourth-order valence-electron chi connectivity index (χ4n) is 7.36. The van der Waals surface area contributed by atoms with Crippen LogP contribution in [-0.2, 0) is 0 Å². The van der Waals surface area contributed by atoms with Crippen LogP contribution in [0.5, 0.6) is 0 Å². The van der Waals surface area contributed by atoms with Crippen LogP contribution in [0.1, 0.15) is 71.3 Å². The van der Waals surface area contributed by atoms with Crippen molar-refractivity contribution in [2.45, 2.75) is 71.3 Å². The van der Waals surface area contributed by atoms with E-state index in [1.165, 1.54) is 43.2 Å². The smallest absolute Gasteiger partial charge is 0.0622 e. The van der Waals surface area contributed by atoms with E-state index in [0.29, 0.717) is 11.3 Å². The Hall–Kier alpha value is -1.41. The van der Waals surface area contributed by atoms with E-state index < -0.39 is 5.60 Å². The van der Waals surface area contributed by atoms with Gasteiger partial charge < -0.3 is 5.11 Å². The van der Waals surface area contributed by atoms with Crippen molar-refractivity contribution < 1.29 is 5.11 Å². The fourth-order valence-corrected chi connectivity index (χ4v) is 7.36. The maximum Gasteiger partial charge on any atom is 0.0622 e. The topological polar surface area (TPSA) is 33.1 Å². The average Bonchev–Trinajstić information content (AvgIpc) is 3.00. The van der Waals surface area contributed by atoms with Gasteiger partial charge in [-0.3, -0.25) is 4.98 Å². The second-order valence-electron chi connectivity index (χ2n) is 10.5. The molecular formula is C25H33NO. The van der Waals surface area contributed by atoms with E-state index in [4.69, 9.17) is 0 Å². The van der Waals surface area contributed by atoms with Crippen LogP contribution in [0, 0.1) is 28.6 Å². The Labute approximate surface area is 163 Å². The minimum atomic E-state index is -0.443. The Bertz CT molecular complexity index is 807. The number of aliphatic hydroxyl groups is 1. The van der Waals surface area contributed by atoms with Gasteiger partial charge >= 0.3 is 0 Å². The van der Waals surface area contributed by atoms with Gasteiger partial charge in [0.2, 0.25) is 0 Å². The molecule has 0 radical (unpaired) electrons. The SMILES string of the molecule is C[C@@]1(O)CC[C@@]2(C)C(CCC3C4=CC=C(c5cccnc5)[C@@]4(C)CCC32)C1. The predicted octanol–water partition coefficient (Wildman–Crippen LogP) is 5.79. The highest BCUT2D eigenvalue weighted by Crippen LogP contribution is 2.66. The largest absolute Gasteiger partial charge is 0.390 e. The van der Waals surface area contributed by atoms with Gasteiger partial charge in [0.15, 0.2) is 0 Å². The highest BCUT2D eigenvalue weighted by atomic mass is 16.3. The molecule has 27 heavy (non-hydrogen) atoms. The fraction of sp³-hybridized carbons (Fsp3) is 0.640. The minimum Gasteiger partial charge on any atom is -0.390 e. The minimum absolute atomic E-state index is 0.188.